The van der Waals surface area contributed by atoms with E-state index in [1.54, 1.807) is 0 Å². The number of fused-ring (bicyclic) bond motifs is 7. The van der Waals surface area contributed by atoms with Gasteiger partial charge in [-0.1, -0.05) is 69.3 Å². The Morgan fingerprint density at radius 1 is 0.815 bits per heavy atom. The summed E-state index contributed by atoms with van der Waals surface area (Å²) in [6.07, 6.45) is 4.81. The molecule has 0 amide bonds. The van der Waals surface area contributed by atoms with Crippen molar-refractivity contribution in [2.75, 3.05) is 0 Å². The summed E-state index contributed by atoms with van der Waals surface area (Å²) in [5, 5.41) is 5.72. The second-order valence-electron chi connectivity index (χ2n) is 9.83. The molecular formula is C25H28OSi. The van der Waals surface area contributed by atoms with E-state index in [4.69, 9.17) is 4.43 Å². The third kappa shape index (κ3) is 2.29. The highest BCUT2D eigenvalue weighted by Gasteiger charge is 2.56. The van der Waals surface area contributed by atoms with Crippen LogP contribution >= 0.6 is 0 Å². The second kappa shape index (κ2) is 5.26. The zero-order chi connectivity index (χ0) is 19.0. The smallest absolute Gasteiger partial charge is 0.250 e. The van der Waals surface area contributed by atoms with Crippen molar-refractivity contribution < 1.29 is 4.43 Å². The summed E-state index contributed by atoms with van der Waals surface area (Å²) in [5.41, 5.74) is 3.04. The van der Waals surface area contributed by atoms with Crippen LogP contribution in [-0.2, 0) is 9.84 Å². The number of hydrogen-bond acceptors (Lipinski definition) is 1. The average Bonchev–Trinajstić information content (AvgIpc) is 3.35. The van der Waals surface area contributed by atoms with Gasteiger partial charge in [-0.25, -0.2) is 0 Å². The van der Waals surface area contributed by atoms with Crippen LogP contribution in [0.25, 0.3) is 27.6 Å². The Morgan fingerprint density at radius 2 is 1.33 bits per heavy atom. The molecular weight excluding hydrogens is 344 g/mol. The van der Waals surface area contributed by atoms with Gasteiger partial charge in [0, 0.05) is 0 Å². The van der Waals surface area contributed by atoms with Gasteiger partial charge in [-0.2, -0.15) is 0 Å². The number of rotatable bonds is 2. The molecule has 0 radical (unpaired) electrons. The topological polar surface area (TPSA) is 9.23 Å². The van der Waals surface area contributed by atoms with Gasteiger partial charge in [-0.05, 0) is 69.7 Å². The van der Waals surface area contributed by atoms with Crippen LogP contribution in [0.1, 0.15) is 44.7 Å². The van der Waals surface area contributed by atoms with E-state index < -0.39 is 8.32 Å². The Morgan fingerprint density at radius 3 is 1.89 bits per heavy atom. The summed E-state index contributed by atoms with van der Waals surface area (Å²) < 4.78 is 6.92. The fourth-order valence-corrected chi connectivity index (χ4v) is 5.51. The Balaban J connectivity index is 1.77. The van der Waals surface area contributed by atoms with Crippen LogP contribution in [0.2, 0.25) is 18.1 Å². The molecule has 2 aliphatic carbocycles. The standard InChI is InChI=1S/C25H28OSi/c1-24(2,3)27(4,5)26-22-16-21-19-12-7-6-10-17(19)18-11-8-9-13-20(18)23(21)25(22)14-15-25/h6-13,16H,14-15H2,1-5H3. The molecule has 3 aromatic carbocycles. The molecule has 5 rings (SSSR count). The predicted octanol–water partition coefficient (Wildman–Crippen LogP) is 7.40. The van der Waals surface area contributed by atoms with Crippen LogP contribution in [0, 0.1) is 0 Å². The normalized spacial score (nSPS) is 18.0. The van der Waals surface area contributed by atoms with Gasteiger partial charge < -0.3 is 4.43 Å². The number of benzene rings is 3. The van der Waals surface area contributed by atoms with Crippen LogP contribution in [0.4, 0.5) is 0 Å². The first-order valence-corrected chi connectivity index (χ1v) is 13.0. The van der Waals surface area contributed by atoms with Gasteiger partial charge in [0.1, 0.15) is 0 Å². The van der Waals surface area contributed by atoms with Gasteiger partial charge in [0.15, 0.2) is 0 Å². The number of allylic oxidation sites excluding steroid dienone is 1. The van der Waals surface area contributed by atoms with E-state index in [2.05, 4.69) is 88.5 Å². The fraction of sp³-hybridized carbons (Fsp3) is 0.360. The van der Waals surface area contributed by atoms with Crippen molar-refractivity contribution in [3.63, 3.8) is 0 Å². The summed E-state index contributed by atoms with van der Waals surface area (Å²) in [6.45, 7) is 11.7. The van der Waals surface area contributed by atoms with Gasteiger partial charge in [0.05, 0.1) is 11.2 Å². The van der Waals surface area contributed by atoms with Gasteiger partial charge in [0.25, 0.3) is 0 Å². The van der Waals surface area contributed by atoms with Crippen molar-refractivity contribution in [3.05, 3.63) is 65.4 Å². The maximum Gasteiger partial charge on any atom is 0.250 e. The molecule has 0 saturated heterocycles. The Hall–Kier alpha value is -2.06. The van der Waals surface area contributed by atoms with Crippen LogP contribution < -0.4 is 0 Å². The molecule has 0 heterocycles. The molecule has 138 valence electrons. The summed E-state index contributed by atoms with van der Waals surface area (Å²) in [6, 6.07) is 17.8. The van der Waals surface area contributed by atoms with Gasteiger partial charge in [0.2, 0.25) is 8.32 Å². The molecule has 0 bridgehead atoms. The van der Waals surface area contributed by atoms with E-state index in [1.807, 2.05) is 0 Å². The molecule has 0 N–H and O–H groups in total. The first-order valence-electron chi connectivity index (χ1n) is 10.1. The summed E-state index contributed by atoms with van der Waals surface area (Å²) in [7, 11) is -1.86. The zero-order valence-electron chi connectivity index (χ0n) is 17.0. The number of hydrogen-bond donors (Lipinski definition) is 0. The highest BCUT2D eigenvalue weighted by molar-refractivity contribution is 6.74. The molecule has 27 heavy (non-hydrogen) atoms. The summed E-state index contributed by atoms with van der Waals surface area (Å²) >= 11 is 0. The molecule has 0 atom stereocenters. The molecule has 2 aliphatic rings. The van der Waals surface area contributed by atoms with Crippen molar-refractivity contribution in [3.8, 4) is 0 Å². The minimum Gasteiger partial charge on any atom is -0.546 e. The molecule has 1 spiro atoms. The van der Waals surface area contributed by atoms with Crippen molar-refractivity contribution >= 4 is 35.9 Å². The monoisotopic (exact) mass is 372 g/mol. The molecule has 0 unspecified atom stereocenters. The van der Waals surface area contributed by atoms with Crippen LogP contribution in [0.3, 0.4) is 0 Å². The van der Waals surface area contributed by atoms with E-state index in [1.165, 1.54) is 51.3 Å². The Bertz CT molecular complexity index is 1110. The second-order valence-corrected chi connectivity index (χ2v) is 14.6. The molecule has 0 aliphatic heterocycles. The van der Waals surface area contributed by atoms with Gasteiger partial charge in [-0.15, -0.1) is 0 Å². The lowest BCUT2D eigenvalue weighted by atomic mass is 9.87. The largest absolute Gasteiger partial charge is 0.546 e. The summed E-state index contributed by atoms with van der Waals surface area (Å²) in [5.74, 6) is 1.24. The lowest BCUT2D eigenvalue weighted by Crippen LogP contribution is -2.41. The lowest BCUT2D eigenvalue weighted by Gasteiger charge is -2.38. The highest BCUT2D eigenvalue weighted by atomic mass is 28.4. The zero-order valence-corrected chi connectivity index (χ0v) is 18.0. The lowest BCUT2D eigenvalue weighted by molar-refractivity contribution is 0.352. The van der Waals surface area contributed by atoms with Crippen LogP contribution in [0.15, 0.2) is 54.3 Å². The molecule has 2 heteroatoms. The fourth-order valence-electron chi connectivity index (χ4n) is 4.40. The van der Waals surface area contributed by atoms with Gasteiger partial charge in [-0.3, -0.25) is 0 Å². The minimum absolute atomic E-state index is 0.120. The molecule has 1 nitrogen and oxygen atoms in total. The molecule has 0 aromatic heterocycles. The summed E-state index contributed by atoms with van der Waals surface area (Å²) in [4.78, 5) is 0. The Kier molecular flexibility index (Phi) is 3.32. The van der Waals surface area contributed by atoms with Crippen molar-refractivity contribution in [1.29, 1.82) is 0 Å². The van der Waals surface area contributed by atoms with Crippen molar-refractivity contribution in [2.45, 2.75) is 57.2 Å². The highest BCUT2D eigenvalue weighted by Crippen LogP contribution is 2.63. The quantitative estimate of drug-likeness (QED) is 0.336. The SMILES string of the molecule is CC(C)(C)[Si](C)(C)OC1=Cc2c(c3ccccc3c3ccccc23)C12CC2. The van der Waals surface area contributed by atoms with Crippen molar-refractivity contribution in [1.82, 2.24) is 0 Å². The van der Waals surface area contributed by atoms with E-state index in [-0.39, 0.29) is 10.5 Å². The Labute approximate surface area is 163 Å². The van der Waals surface area contributed by atoms with Crippen LogP contribution in [0.5, 0.6) is 0 Å². The van der Waals surface area contributed by atoms with E-state index in [0.29, 0.717) is 0 Å². The van der Waals surface area contributed by atoms with E-state index in [0.717, 1.165) is 0 Å². The molecule has 1 saturated carbocycles. The first kappa shape index (κ1) is 17.1. The van der Waals surface area contributed by atoms with E-state index in [9.17, 15) is 0 Å². The van der Waals surface area contributed by atoms with Crippen LogP contribution in [-0.4, -0.2) is 8.32 Å². The first-order chi connectivity index (χ1) is 12.7. The minimum atomic E-state index is -1.86. The molecule has 3 aromatic rings. The third-order valence-corrected chi connectivity index (χ3v) is 11.5. The molecule has 1 fully saturated rings. The third-order valence-electron chi connectivity index (χ3n) is 7.12. The maximum atomic E-state index is 6.92. The van der Waals surface area contributed by atoms with Crippen molar-refractivity contribution in [2.24, 2.45) is 0 Å². The predicted molar refractivity (Wildman–Crippen MR) is 119 cm³/mol. The average molecular weight is 373 g/mol. The van der Waals surface area contributed by atoms with E-state index >= 15 is 0 Å². The maximum absolute atomic E-state index is 6.92. The van der Waals surface area contributed by atoms with Gasteiger partial charge >= 0.3 is 0 Å².